The molecule has 0 aromatic carbocycles. The summed E-state index contributed by atoms with van der Waals surface area (Å²) in [6.07, 6.45) is 7.33. The molecule has 88 valence electrons. The van der Waals surface area contributed by atoms with Crippen molar-refractivity contribution in [1.82, 2.24) is 9.97 Å². The van der Waals surface area contributed by atoms with E-state index in [1.54, 1.807) is 0 Å². The minimum atomic E-state index is 0.370. The Hall–Kier alpha value is -2.10. The van der Waals surface area contributed by atoms with E-state index in [2.05, 4.69) is 9.97 Å². The number of nitrogens with two attached hydrogens (primary N) is 1. The van der Waals surface area contributed by atoms with Crippen molar-refractivity contribution in [3.8, 4) is 0 Å². The van der Waals surface area contributed by atoms with Crippen LogP contribution in [0.3, 0.4) is 0 Å². The molecule has 2 rings (SSSR count). The summed E-state index contributed by atoms with van der Waals surface area (Å²) in [5.74, 6) is 1.14. The van der Waals surface area contributed by atoms with Crippen LogP contribution in [-0.4, -0.2) is 9.97 Å². The van der Waals surface area contributed by atoms with Crippen molar-refractivity contribution in [2.45, 2.75) is 20.8 Å². The van der Waals surface area contributed by atoms with Crippen molar-refractivity contribution in [1.29, 1.82) is 0 Å². The summed E-state index contributed by atoms with van der Waals surface area (Å²) in [6, 6.07) is 0. The average molecular weight is 229 g/mol. The molecule has 2 N–H and O–H groups in total. The lowest BCUT2D eigenvalue weighted by Crippen LogP contribution is -1.90. The number of rotatable bonds is 2. The molecule has 2 aromatic rings. The van der Waals surface area contributed by atoms with Gasteiger partial charge in [0.15, 0.2) is 11.4 Å². The van der Waals surface area contributed by atoms with Crippen LogP contribution in [0.1, 0.15) is 32.1 Å². The smallest absolute Gasteiger partial charge is 0.195 e. The zero-order chi connectivity index (χ0) is 12.4. The van der Waals surface area contributed by atoms with Gasteiger partial charge >= 0.3 is 0 Å². The van der Waals surface area contributed by atoms with Gasteiger partial charge in [-0.3, -0.25) is 0 Å². The molecule has 4 nitrogen and oxygen atoms in total. The topological polar surface area (TPSA) is 64.9 Å². The van der Waals surface area contributed by atoms with E-state index in [4.69, 9.17) is 10.2 Å². The molecule has 0 spiro atoms. The molecule has 0 bridgehead atoms. The predicted molar refractivity (Wildman–Crippen MR) is 70.2 cm³/mol. The number of aromatic nitrogens is 2. The van der Waals surface area contributed by atoms with Crippen LogP contribution in [0.2, 0.25) is 0 Å². The first-order chi connectivity index (χ1) is 8.13. The van der Waals surface area contributed by atoms with Gasteiger partial charge in [-0.15, -0.1) is 0 Å². The lowest BCUT2D eigenvalue weighted by Gasteiger charge is -1.92. The first-order valence-electron chi connectivity index (χ1n) is 5.44. The molecule has 0 amide bonds. The van der Waals surface area contributed by atoms with Gasteiger partial charge in [0.2, 0.25) is 0 Å². The van der Waals surface area contributed by atoms with Gasteiger partial charge in [0, 0.05) is 5.56 Å². The summed E-state index contributed by atoms with van der Waals surface area (Å²) in [4.78, 5) is 8.15. The second-order valence-corrected chi connectivity index (χ2v) is 4.04. The molecule has 4 heteroatoms. The first-order valence-corrected chi connectivity index (χ1v) is 5.44. The van der Waals surface area contributed by atoms with Gasteiger partial charge in [-0.25, -0.2) is 9.97 Å². The van der Waals surface area contributed by atoms with E-state index in [1.165, 1.54) is 6.33 Å². The zero-order valence-corrected chi connectivity index (χ0v) is 10.2. The minimum absolute atomic E-state index is 0.370. The summed E-state index contributed by atoms with van der Waals surface area (Å²) in [5.41, 5.74) is 9.17. The Morgan fingerprint density at radius 2 is 2.12 bits per heavy atom. The maximum absolute atomic E-state index is 5.78. The third kappa shape index (κ3) is 2.06. The number of furan rings is 1. The molecule has 0 aliphatic carbocycles. The molecule has 2 heterocycles. The largest absolute Gasteiger partial charge is 0.450 e. The fourth-order valence-corrected chi connectivity index (χ4v) is 1.66. The van der Waals surface area contributed by atoms with Gasteiger partial charge in [-0.2, -0.15) is 0 Å². The fourth-order valence-electron chi connectivity index (χ4n) is 1.66. The number of anilines is 1. The Balaban J connectivity index is 2.79. The van der Waals surface area contributed by atoms with E-state index >= 15 is 0 Å². The van der Waals surface area contributed by atoms with Crippen molar-refractivity contribution in [3.63, 3.8) is 0 Å². The first kappa shape index (κ1) is 11.4. The van der Waals surface area contributed by atoms with Gasteiger partial charge in [0.25, 0.3) is 0 Å². The van der Waals surface area contributed by atoms with E-state index in [9.17, 15) is 0 Å². The zero-order valence-electron chi connectivity index (χ0n) is 10.2. The molecular formula is C13H15N3O. The quantitative estimate of drug-likeness (QED) is 0.858. The minimum Gasteiger partial charge on any atom is -0.450 e. The molecule has 0 atom stereocenters. The third-order valence-corrected chi connectivity index (χ3v) is 2.32. The van der Waals surface area contributed by atoms with Crippen LogP contribution >= 0.6 is 0 Å². The normalized spacial score (nSPS) is 11.2. The van der Waals surface area contributed by atoms with Crippen LogP contribution in [0.15, 0.2) is 22.4 Å². The summed E-state index contributed by atoms with van der Waals surface area (Å²) in [7, 11) is 0. The van der Waals surface area contributed by atoms with Crippen LogP contribution in [-0.2, 0) is 0 Å². The molecule has 0 saturated heterocycles. The Kier molecular flexibility index (Phi) is 2.95. The summed E-state index contributed by atoms with van der Waals surface area (Å²) < 4.78 is 5.72. The average Bonchev–Trinajstić information content (AvgIpc) is 2.59. The lowest BCUT2D eigenvalue weighted by molar-refractivity contribution is 0.602. The highest BCUT2D eigenvalue weighted by Crippen LogP contribution is 2.29. The number of hydrogen-bond donors (Lipinski definition) is 1. The summed E-state index contributed by atoms with van der Waals surface area (Å²) in [5, 5.41) is 0. The van der Waals surface area contributed by atoms with Gasteiger partial charge in [-0.1, -0.05) is 17.7 Å². The molecule has 17 heavy (non-hydrogen) atoms. The Morgan fingerprint density at radius 1 is 1.35 bits per heavy atom. The maximum atomic E-state index is 5.78. The van der Waals surface area contributed by atoms with E-state index in [-0.39, 0.29) is 0 Å². The van der Waals surface area contributed by atoms with Gasteiger partial charge in [-0.05, 0) is 26.8 Å². The van der Waals surface area contributed by atoms with Crippen LogP contribution in [0.4, 0.5) is 5.82 Å². The number of hydrogen-bond acceptors (Lipinski definition) is 4. The Labute approximate surface area is 99.9 Å². The Bertz CT molecular complexity index is 604. The van der Waals surface area contributed by atoms with Gasteiger partial charge in [0.05, 0.1) is 0 Å². The molecule has 0 unspecified atom stereocenters. The highest BCUT2D eigenvalue weighted by Gasteiger charge is 2.14. The van der Waals surface area contributed by atoms with Crippen LogP contribution < -0.4 is 5.73 Å². The molecule has 2 aromatic heterocycles. The van der Waals surface area contributed by atoms with Gasteiger partial charge < -0.3 is 10.2 Å². The highest BCUT2D eigenvalue weighted by molar-refractivity contribution is 5.92. The monoisotopic (exact) mass is 229 g/mol. The fraction of sp³-hybridized carbons (Fsp3) is 0.231. The standard InChI is InChI=1S/C13H15N3O/c1-4-5-9-10(6-8(2)3)17-12-11(9)15-7-16-13(12)14/h4-7H,1-3H3,(H2,14,15,16)/b5-4-. The second-order valence-electron chi connectivity index (χ2n) is 4.04. The maximum Gasteiger partial charge on any atom is 0.195 e. The van der Waals surface area contributed by atoms with Gasteiger partial charge in [0.1, 0.15) is 17.6 Å². The van der Waals surface area contributed by atoms with Crippen molar-refractivity contribution >= 4 is 29.1 Å². The SMILES string of the molecule is C/C=C\c1c(C=C(C)C)oc2c(N)ncnc12. The summed E-state index contributed by atoms with van der Waals surface area (Å²) in [6.45, 7) is 5.99. The van der Waals surface area contributed by atoms with Crippen molar-refractivity contribution in [2.75, 3.05) is 5.73 Å². The molecular weight excluding hydrogens is 214 g/mol. The van der Waals surface area contributed by atoms with E-state index < -0.39 is 0 Å². The second kappa shape index (κ2) is 4.41. The molecule has 0 saturated carbocycles. The van der Waals surface area contributed by atoms with Crippen LogP contribution in [0.5, 0.6) is 0 Å². The number of fused-ring (bicyclic) bond motifs is 1. The predicted octanol–water partition coefficient (Wildman–Crippen LogP) is 3.26. The van der Waals surface area contributed by atoms with E-state index in [1.807, 2.05) is 39.0 Å². The number of allylic oxidation sites excluding steroid dienone is 2. The highest BCUT2D eigenvalue weighted by atomic mass is 16.3. The Morgan fingerprint density at radius 3 is 2.76 bits per heavy atom. The molecule has 0 radical (unpaired) electrons. The number of nitrogens with zero attached hydrogens (tertiary/aromatic N) is 2. The third-order valence-electron chi connectivity index (χ3n) is 2.32. The molecule has 0 aliphatic heterocycles. The van der Waals surface area contributed by atoms with Crippen LogP contribution in [0, 0.1) is 0 Å². The molecule has 0 fully saturated rings. The van der Waals surface area contributed by atoms with E-state index in [0.29, 0.717) is 11.4 Å². The molecule has 0 aliphatic rings. The van der Waals surface area contributed by atoms with Crippen molar-refractivity contribution in [3.05, 3.63) is 29.3 Å². The lowest BCUT2D eigenvalue weighted by atomic mass is 10.1. The number of nitrogen functional groups attached to an aromatic ring is 1. The summed E-state index contributed by atoms with van der Waals surface area (Å²) >= 11 is 0. The van der Waals surface area contributed by atoms with Crippen LogP contribution in [0.25, 0.3) is 23.3 Å². The van der Waals surface area contributed by atoms with Crippen molar-refractivity contribution < 1.29 is 4.42 Å². The van der Waals surface area contributed by atoms with Crippen molar-refractivity contribution in [2.24, 2.45) is 0 Å². The van der Waals surface area contributed by atoms with E-state index in [0.717, 1.165) is 22.4 Å².